The van der Waals surface area contributed by atoms with Gasteiger partial charge in [-0.1, -0.05) is 37.1 Å². The maximum absolute atomic E-state index is 10.9. The fourth-order valence-electron chi connectivity index (χ4n) is 3.88. The number of unbranched alkanes of at least 4 members (excludes halogenated alkanes) is 2. The van der Waals surface area contributed by atoms with Crippen molar-refractivity contribution in [1.29, 1.82) is 0 Å². The Labute approximate surface area is 177 Å². The summed E-state index contributed by atoms with van der Waals surface area (Å²) in [5, 5.41) is 13.4. The molecule has 0 saturated carbocycles. The Morgan fingerprint density at radius 3 is 2.93 bits per heavy atom. The van der Waals surface area contributed by atoms with Crippen molar-refractivity contribution in [2.24, 2.45) is 5.16 Å². The van der Waals surface area contributed by atoms with Crippen LogP contribution in [0.3, 0.4) is 0 Å². The highest BCUT2D eigenvalue weighted by molar-refractivity contribution is 5.99. The minimum atomic E-state index is -0.969. The lowest BCUT2D eigenvalue weighted by molar-refractivity contribution is -0.139. The molecule has 1 aliphatic rings. The number of aromatic nitrogens is 1. The first-order chi connectivity index (χ1) is 14.7. The molecule has 6 nitrogen and oxygen atoms in total. The first kappa shape index (κ1) is 21.8. The lowest BCUT2D eigenvalue weighted by Gasteiger charge is -2.26. The van der Waals surface area contributed by atoms with E-state index in [4.69, 9.17) is 14.7 Å². The van der Waals surface area contributed by atoms with Gasteiger partial charge in [-0.2, -0.15) is 0 Å². The van der Waals surface area contributed by atoms with Gasteiger partial charge >= 0.3 is 5.97 Å². The fraction of sp³-hybridized carbons (Fsp3) is 0.458. The van der Waals surface area contributed by atoms with Crippen molar-refractivity contribution in [3.05, 3.63) is 59.4 Å². The van der Waals surface area contributed by atoms with E-state index in [-0.39, 0.29) is 12.5 Å². The molecule has 1 aromatic carbocycles. The Morgan fingerprint density at radius 1 is 1.27 bits per heavy atom. The number of hydrogen-bond acceptors (Lipinski definition) is 5. The van der Waals surface area contributed by atoms with Crippen LogP contribution in [0.5, 0.6) is 5.75 Å². The van der Waals surface area contributed by atoms with Crippen LogP contribution in [0.25, 0.3) is 0 Å². The molecule has 0 aliphatic heterocycles. The molecule has 0 amide bonds. The van der Waals surface area contributed by atoms with Crippen molar-refractivity contribution in [3.63, 3.8) is 0 Å². The minimum absolute atomic E-state index is 0.219. The molecule has 0 spiro atoms. The van der Waals surface area contributed by atoms with Gasteiger partial charge in [0.05, 0.1) is 5.71 Å². The lowest BCUT2D eigenvalue weighted by Crippen LogP contribution is -2.17. The number of nitrogens with zero attached hydrogens (tertiary/aromatic N) is 2. The van der Waals surface area contributed by atoms with E-state index in [0.29, 0.717) is 12.4 Å². The summed E-state index contributed by atoms with van der Waals surface area (Å²) in [6.07, 6.45) is 10.8. The van der Waals surface area contributed by atoms with Crippen LogP contribution in [-0.2, 0) is 16.1 Å². The summed E-state index contributed by atoms with van der Waals surface area (Å²) in [7, 11) is 0. The highest BCUT2D eigenvalue weighted by Crippen LogP contribution is 2.37. The van der Waals surface area contributed by atoms with Gasteiger partial charge in [0.15, 0.2) is 6.61 Å². The molecule has 3 rings (SSSR count). The fourth-order valence-corrected chi connectivity index (χ4v) is 3.88. The molecule has 1 heterocycles. The number of benzene rings is 1. The highest BCUT2D eigenvalue weighted by atomic mass is 16.6. The molecule has 1 unspecified atom stereocenters. The van der Waals surface area contributed by atoms with E-state index in [1.54, 1.807) is 6.20 Å². The monoisotopic (exact) mass is 410 g/mol. The number of aliphatic carboxylic acids is 1. The average Bonchev–Trinajstić information content (AvgIpc) is 2.77. The summed E-state index contributed by atoms with van der Waals surface area (Å²) in [4.78, 5) is 20.9. The average molecular weight is 411 g/mol. The number of rotatable bonds is 11. The normalized spacial score (nSPS) is 16.0. The summed E-state index contributed by atoms with van der Waals surface area (Å²) >= 11 is 0. The number of oxime groups is 1. The number of hydrogen-bond donors (Lipinski definition) is 1. The summed E-state index contributed by atoms with van der Waals surface area (Å²) in [5.74, 6) is -0.0842. The van der Waals surface area contributed by atoms with Crippen molar-refractivity contribution in [1.82, 2.24) is 4.98 Å². The first-order valence-corrected chi connectivity index (χ1v) is 10.7. The highest BCUT2D eigenvalue weighted by Gasteiger charge is 2.24. The number of carboxylic acid groups (broad SMARTS) is 1. The van der Waals surface area contributed by atoms with Crippen molar-refractivity contribution >= 4 is 11.7 Å². The molecule has 6 heteroatoms. The summed E-state index contributed by atoms with van der Waals surface area (Å²) < 4.78 is 5.49. The van der Waals surface area contributed by atoms with Crippen LogP contribution in [0.4, 0.5) is 0 Å². The van der Waals surface area contributed by atoms with Gasteiger partial charge in [0.1, 0.15) is 12.4 Å². The van der Waals surface area contributed by atoms with Crippen LogP contribution in [-0.4, -0.2) is 35.0 Å². The summed E-state index contributed by atoms with van der Waals surface area (Å²) in [6.45, 7) is 2.35. The van der Waals surface area contributed by atoms with Crippen LogP contribution in [0.2, 0.25) is 0 Å². The topological polar surface area (TPSA) is 81.0 Å². The molecule has 1 aliphatic carbocycles. The van der Waals surface area contributed by atoms with Gasteiger partial charge < -0.3 is 14.7 Å². The van der Waals surface area contributed by atoms with Crippen molar-refractivity contribution < 1.29 is 19.5 Å². The first-order valence-electron chi connectivity index (χ1n) is 10.7. The Balaban J connectivity index is 1.69. The van der Waals surface area contributed by atoms with Crippen molar-refractivity contribution in [3.8, 4) is 5.75 Å². The van der Waals surface area contributed by atoms with Crippen molar-refractivity contribution in [2.45, 2.75) is 57.8 Å². The zero-order valence-electron chi connectivity index (χ0n) is 17.5. The van der Waals surface area contributed by atoms with E-state index in [1.807, 2.05) is 30.5 Å². The number of ether oxygens (including phenoxy) is 1. The molecule has 1 atom stereocenters. The van der Waals surface area contributed by atoms with Gasteiger partial charge in [-0.05, 0) is 61.4 Å². The molecular formula is C24H30N2O4. The molecule has 0 bridgehead atoms. The number of carbonyl (C=O) groups is 1. The third-order valence-corrected chi connectivity index (χ3v) is 5.40. The van der Waals surface area contributed by atoms with E-state index in [1.165, 1.54) is 5.56 Å². The third-order valence-electron chi connectivity index (χ3n) is 5.40. The minimum Gasteiger partial charge on any atom is -0.482 e. The predicted octanol–water partition coefficient (Wildman–Crippen LogP) is 4.97. The molecule has 1 N–H and O–H groups in total. The van der Waals surface area contributed by atoms with E-state index in [0.717, 1.165) is 61.8 Å². The molecule has 0 saturated heterocycles. The van der Waals surface area contributed by atoms with E-state index < -0.39 is 5.97 Å². The summed E-state index contributed by atoms with van der Waals surface area (Å²) in [6, 6.07) is 9.79. The Bertz CT molecular complexity index is 852. The molecular weight excluding hydrogens is 380 g/mol. The second-order valence-corrected chi connectivity index (χ2v) is 7.63. The van der Waals surface area contributed by atoms with Gasteiger partial charge in [0, 0.05) is 23.9 Å². The standard InChI is InChI=1S/C24H30N2O4/c1-2-3-4-12-22(18-9-7-14-25-15-18)26-30-16-19-8-5-11-21-20(19)10-6-13-23(21)29-17-24(27)28/h6-7,9-10,13-15,19H,2-5,8,11-12,16-17H2,1H3,(H,27,28)/b26-22-. The molecule has 1 aromatic heterocycles. The van der Waals surface area contributed by atoms with Crippen LogP contribution < -0.4 is 4.74 Å². The lowest BCUT2D eigenvalue weighted by atomic mass is 9.83. The molecule has 30 heavy (non-hydrogen) atoms. The van der Waals surface area contributed by atoms with E-state index >= 15 is 0 Å². The zero-order valence-corrected chi connectivity index (χ0v) is 17.5. The molecule has 2 aromatic rings. The third kappa shape index (κ3) is 6.05. The quantitative estimate of drug-likeness (QED) is 0.321. The SMILES string of the molecule is CCCCC/C(=N/OCC1CCCc2c(OCC(=O)O)cccc21)c1cccnc1. The number of carboxylic acids is 1. The van der Waals surface area contributed by atoms with Crippen LogP contribution >= 0.6 is 0 Å². The van der Waals surface area contributed by atoms with Gasteiger partial charge in [-0.15, -0.1) is 0 Å². The van der Waals surface area contributed by atoms with Gasteiger partial charge in [0.2, 0.25) is 0 Å². The van der Waals surface area contributed by atoms with Gasteiger partial charge in [-0.3, -0.25) is 4.98 Å². The Kier molecular flexibility index (Phi) is 8.24. The smallest absolute Gasteiger partial charge is 0.341 e. The Morgan fingerprint density at radius 2 is 2.17 bits per heavy atom. The maximum Gasteiger partial charge on any atom is 0.341 e. The molecule has 0 fully saturated rings. The van der Waals surface area contributed by atoms with E-state index in [2.05, 4.69) is 23.1 Å². The largest absolute Gasteiger partial charge is 0.482 e. The zero-order chi connectivity index (χ0) is 21.2. The van der Waals surface area contributed by atoms with Gasteiger partial charge in [-0.25, -0.2) is 4.79 Å². The van der Waals surface area contributed by atoms with Crippen LogP contribution in [0.15, 0.2) is 47.9 Å². The predicted molar refractivity (Wildman–Crippen MR) is 116 cm³/mol. The Hall–Kier alpha value is -2.89. The number of fused-ring (bicyclic) bond motifs is 1. The second kappa shape index (κ2) is 11.3. The van der Waals surface area contributed by atoms with Crippen LogP contribution in [0.1, 0.15) is 68.1 Å². The van der Waals surface area contributed by atoms with E-state index in [9.17, 15) is 4.79 Å². The molecule has 160 valence electrons. The van der Waals surface area contributed by atoms with Gasteiger partial charge in [0.25, 0.3) is 0 Å². The molecule has 0 radical (unpaired) electrons. The second-order valence-electron chi connectivity index (χ2n) is 7.63. The number of pyridine rings is 1. The summed E-state index contributed by atoms with van der Waals surface area (Å²) in [5.41, 5.74) is 4.21. The van der Waals surface area contributed by atoms with Crippen LogP contribution in [0, 0.1) is 0 Å². The van der Waals surface area contributed by atoms with Crippen molar-refractivity contribution in [2.75, 3.05) is 13.2 Å². The maximum atomic E-state index is 10.9.